The van der Waals surface area contributed by atoms with E-state index in [2.05, 4.69) is 0 Å². The fourth-order valence-electron chi connectivity index (χ4n) is 2.83. The van der Waals surface area contributed by atoms with Gasteiger partial charge in [-0.15, -0.1) is 0 Å². The van der Waals surface area contributed by atoms with Gasteiger partial charge in [0.1, 0.15) is 12.2 Å². The van der Waals surface area contributed by atoms with Crippen molar-refractivity contribution >= 4 is 0 Å². The average Bonchev–Trinajstić information content (AvgIpc) is 2.67. The number of hydrogen-bond donors (Lipinski definition) is 1. The molecule has 4 nitrogen and oxygen atoms in total. The molecule has 0 aromatic heterocycles. The Morgan fingerprint density at radius 1 is 1.12 bits per heavy atom. The monoisotopic (exact) mass is 303 g/mol. The number of hydrogen-bond acceptors (Lipinski definition) is 4. The van der Waals surface area contributed by atoms with Gasteiger partial charge in [0, 0.05) is 45.6 Å². The average molecular weight is 303 g/mol. The summed E-state index contributed by atoms with van der Waals surface area (Å²) in [5, 5.41) is 9.85. The topological polar surface area (TPSA) is 47.9 Å². The summed E-state index contributed by atoms with van der Waals surface area (Å²) in [6.45, 7) is 1.85. The second-order valence-electron chi connectivity index (χ2n) is 4.87. The van der Waals surface area contributed by atoms with Gasteiger partial charge >= 0.3 is 0 Å². The zero-order chi connectivity index (χ0) is 10.5. The Balaban J connectivity index is 0.000000963. The molecule has 1 spiro atoms. The first kappa shape index (κ1) is 13.4. The smallest absolute Gasteiger partial charge is 0.190 e. The first-order chi connectivity index (χ1) is 7.20. The molecular formula is C11H18O4Y. The molecule has 0 aromatic carbocycles. The van der Waals surface area contributed by atoms with E-state index in [1.165, 1.54) is 6.42 Å². The van der Waals surface area contributed by atoms with Crippen LogP contribution >= 0.6 is 0 Å². The molecule has 4 atom stereocenters. The molecule has 1 unspecified atom stereocenters. The standard InChI is InChI=1S/C11H18O4.Y/c1-7-8(12)9-10(13-7)15-11(14-9)5-3-2-4-6-11;/h7-10,12H,2-6H2,1H3;/t7?,8-,9+,10+;/m0./s1. The predicted octanol–water partition coefficient (Wildman–Crippen LogP) is 1.17. The van der Waals surface area contributed by atoms with Gasteiger partial charge in [-0.1, -0.05) is 6.42 Å². The molecule has 3 fully saturated rings. The van der Waals surface area contributed by atoms with E-state index in [0.29, 0.717) is 0 Å². The van der Waals surface area contributed by atoms with Crippen molar-refractivity contribution in [2.45, 2.75) is 69.4 Å². The number of ether oxygens (including phenoxy) is 3. The third-order valence-electron chi connectivity index (χ3n) is 3.73. The molecule has 1 aliphatic carbocycles. The zero-order valence-electron chi connectivity index (χ0n) is 9.59. The maximum absolute atomic E-state index is 9.85. The summed E-state index contributed by atoms with van der Waals surface area (Å²) in [6, 6.07) is 0. The molecular weight excluding hydrogens is 285 g/mol. The van der Waals surface area contributed by atoms with Gasteiger partial charge in [0.05, 0.1) is 6.10 Å². The first-order valence-electron chi connectivity index (χ1n) is 5.89. The van der Waals surface area contributed by atoms with Crippen molar-refractivity contribution in [3.05, 3.63) is 0 Å². The number of aliphatic hydroxyl groups excluding tert-OH is 1. The molecule has 0 bridgehead atoms. The molecule has 3 rings (SSSR count). The Morgan fingerprint density at radius 2 is 1.81 bits per heavy atom. The normalized spacial score (nSPS) is 45.4. The van der Waals surface area contributed by atoms with Crippen LogP contribution in [0.25, 0.3) is 0 Å². The first-order valence-corrected chi connectivity index (χ1v) is 5.89. The van der Waals surface area contributed by atoms with E-state index in [4.69, 9.17) is 14.2 Å². The van der Waals surface area contributed by atoms with Crippen LogP contribution in [0.15, 0.2) is 0 Å². The third kappa shape index (κ3) is 2.13. The van der Waals surface area contributed by atoms with Crippen LogP contribution in [0.2, 0.25) is 0 Å². The molecule has 89 valence electrons. The van der Waals surface area contributed by atoms with Crippen LogP contribution in [0.1, 0.15) is 39.0 Å². The van der Waals surface area contributed by atoms with Crippen LogP contribution in [0, 0.1) is 0 Å². The van der Waals surface area contributed by atoms with Crippen LogP contribution < -0.4 is 0 Å². The van der Waals surface area contributed by atoms with Crippen molar-refractivity contribution in [3.8, 4) is 0 Å². The van der Waals surface area contributed by atoms with Gasteiger partial charge in [0.25, 0.3) is 0 Å². The Hall–Kier alpha value is 0.944. The molecule has 3 aliphatic rings. The minimum absolute atomic E-state index is 0. The number of fused-ring (bicyclic) bond motifs is 1. The molecule has 0 aromatic rings. The van der Waals surface area contributed by atoms with Crippen molar-refractivity contribution in [1.82, 2.24) is 0 Å². The SMILES string of the molecule is CC1O[C@@H]2OC3(CCCCC3)O[C@@H]2[C@H]1O.[Y]. The molecule has 5 heteroatoms. The quantitative estimate of drug-likeness (QED) is 0.730. The van der Waals surface area contributed by atoms with E-state index in [9.17, 15) is 5.11 Å². The van der Waals surface area contributed by atoms with Gasteiger partial charge in [-0.05, 0) is 19.8 Å². The van der Waals surface area contributed by atoms with Crippen molar-refractivity contribution < 1.29 is 52.0 Å². The van der Waals surface area contributed by atoms with Crippen molar-refractivity contribution in [2.24, 2.45) is 0 Å². The third-order valence-corrected chi connectivity index (χ3v) is 3.73. The Bertz CT molecular complexity index is 254. The van der Waals surface area contributed by atoms with Gasteiger partial charge < -0.3 is 19.3 Å². The largest absolute Gasteiger partial charge is 0.387 e. The van der Waals surface area contributed by atoms with E-state index >= 15 is 0 Å². The summed E-state index contributed by atoms with van der Waals surface area (Å²) in [7, 11) is 0. The molecule has 1 radical (unpaired) electrons. The molecule has 2 saturated heterocycles. The molecule has 1 saturated carbocycles. The van der Waals surface area contributed by atoms with E-state index < -0.39 is 11.9 Å². The molecule has 0 amide bonds. The fraction of sp³-hybridized carbons (Fsp3) is 1.00. The maximum Gasteiger partial charge on any atom is 0.190 e. The fourth-order valence-corrected chi connectivity index (χ4v) is 2.83. The summed E-state index contributed by atoms with van der Waals surface area (Å²) in [5.41, 5.74) is 0. The van der Waals surface area contributed by atoms with Crippen molar-refractivity contribution in [2.75, 3.05) is 0 Å². The number of aliphatic hydroxyl groups is 1. The summed E-state index contributed by atoms with van der Waals surface area (Å²) in [5.74, 6) is -0.450. The molecule has 1 N–H and O–H groups in total. The van der Waals surface area contributed by atoms with Gasteiger partial charge in [-0.25, -0.2) is 0 Å². The maximum atomic E-state index is 9.85. The molecule has 16 heavy (non-hydrogen) atoms. The predicted molar refractivity (Wildman–Crippen MR) is 52.1 cm³/mol. The molecule has 2 heterocycles. The second kappa shape index (κ2) is 4.90. The van der Waals surface area contributed by atoms with Crippen molar-refractivity contribution in [1.29, 1.82) is 0 Å². The van der Waals surface area contributed by atoms with Crippen LogP contribution in [0.3, 0.4) is 0 Å². The Labute approximate surface area is 121 Å². The number of rotatable bonds is 0. The minimum atomic E-state index is -0.545. The minimum Gasteiger partial charge on any atom is -0.387 e. The van der Waals surface area contributed by atoms with Crippen LogP contribution in [0.4, 0.5) is 0 Å². The second-order valence-corrected chi connectivity index (χ2v) is 4.87. The van der Waals surface area contributed by atoms with Crippen LogP contribution in [0.5, 0.6) is 0 Å². The van der Waals surface area contributed by atoms with Crippen LogP contribution in [-0.2, 0) is 46.9 Å². The van der Waals surface area contributed by atoms with Gasteiger partial charge in [-0.3, -0.25) is 0 Å². The van der Waals surface area contributed by atoms with E-state index in [0.717, 1.165) is 25.7 Å². The van der Waals surface area contributed by atoms with E-state index in [-0.39, 0.29) is 51.2 Å². The Morgan fingerprint density at radius 3 is 2.44 bits per heavy atom. The van der Waals surface area contributed by atoms with Crippen molar-refractivity contribution in [3.63, 3.8) is 0 Å². The Kier molecular flexibility index (Phi) is 4.10. The van der Waals surface area contributed by atoms with Gasteiger partial charge in [0.15, 0.2) is 12.1 Å². The summed E-state index contributed by atoms with van der Waals surface area (Å²) >= 11 is 0. The zero-order valence-corrected chi connectivity index (χ0v) is 12.4. The van der Waals surface area contributed by atoms with Gasteiger partial charge in [0.2, 0.25) is 0 Å². The van der Waals surface area contributed by atoms with E-state index in [1.54, 1.807) is 0 Å². The van der Waals surface area contributed by atoms with Gasteiger partial charge in [-0.2, -0.15) is 0 Å². The summed E-state index contributed by atoms with van der Waals surface area (Å²) < 4.78 is 17.3. The summed E-state index contributed by atoms with van der Waals surface area (Å²) in [4.78, 5) is 0. The van der Waals surface area contributed by atoms with E-state index in [1.807, 2.05) is 6.92 Å². The molecule has 2 aliphatic heterocycles. The summed E-state index contributed by atoms with van der Waals surface area (Å²) in [6.07, 6.45) is 4.05. The van der Waals surface area contributed by atoms with Crippen LogP contribution in [-0.4, -0.2) is 35.5 Å².